The number of rotatable bonds is 5. The fourth-order valence-corrected chi connectivity index (χ4v) is 2.49. The molecular weight excluding hydrogens is 335 g/mol. The summed E-state index contributed by atoms with van der Waals surface area (Å²) in [4.78, 5) is 29.2. The van der Waals surface area contributed by atoms with Crippen molar-refractivity contribution >= 4 is 23.0 Å². The van der Waals surface area contributed by atoms with Crippen molar-refractivity contribution in [1.82, 2.24) is 14.7 Å². The minimum absolute atomic E-state index is 0.0559. The molecular formula is C19H19FN4O2. The van der Waals surface area contributed by atoms with E-state index >= 15 is 0 Å². The minimum Gasteiger partial charge on any atom is -0.349 e. The summed E-state index contributed by atoms with van der Waals surface area (Å²) in [5, 5.41) is 5.29. The van der Waals surface area contributed by atoms with E-state index < -0.39 is 11.7 Å². The number of hydrogen-bond acceptors (Lipinski definition) is 3. The van der Waals surface area contributed by atoms with E-state index in [1.165, 1.54) is 18.2 Å². The van der Waals surface area contributed by atoms with Crippen LogP contribution in [-0.2, 0) is 0 Å². The molecule has 134 valence electrons. The van der Waals surface area contributed by atoms with Gasteiger partial charge in [0.15, 0.2) is 5.69 Å². The summed E-state index contributed by atoms with van der Waals surface area (Å²) in [6.07, 6.45) is 1.66. The first-order chi connectivity index (χ1) is 12.5. The second-order valence-electron chi connectivity index (χ2n) is 6.28. The molecule has 0 atom stereocenters. The zero-order valence-electron chi connectivity index (χ0n) is 14.5. The van der Waals surface area contributed by atoms with Gasteiger partial charge in [-0.25, -0.2) is 9.37 Å². The van der Waals surface area contributed by atoms with Crippen LogP contribution in [0.4, 0.5) is 10.1 Å². The molecule has 0 aliphatic carbocycles. The number of pyridine rings is 1. The molecule has 1 aromatic carbocycles. The highest BCUT2D eigenvalue weighted by Gasteiger charge is 2.22. The topological polar surface area (TPSA) is 75.5 Å². The van der Waals surface area contributed by atoms with E-state index in [-0.39, 0.29) is 29.0 Å². The van der Waals surface area contributed by atoms with Gasteiger partial charge in [0.2, 0.25) is 5.82 Å². The molecule has 2 heterocycles. The third kappa shape index (κ3) is 3.56. The van der Waals surface area contributed by atoms with E-state index in [2.05, 4.69) is 15.6 Å². The van der Waals surface area contributed by atoms with Crippen molar-refractivity contribution in [3.63, 3.8) is 0 Å². The van der Waals surface area contributed by atoms with Crippen molar-refractivity contribution in [1.29, 1.82) is 0 Å². The molecule has 0 fully saturated rings. The average molecular weight is 354 g/mol. The van der Waals surface area contributed by atoms with Crippen LogP contribution in [0.25, 0.3) is 5.52 Å². The van der Waals surface area contributed by atoms with Gasteiger partial charge in [0.05, 0.1) is 11.2 Å². The number of imidazole rings is 1. The molecule has 0 bridgehead atoms. The molecule has 0 spiro atoms. The first-order valence-corrected chi connectivity index (χ1v) is 8.28. The molecule has 26 heavy (non-hydrogen) atoms. The van der Waals surface area contributed by atoms with Gasteiger partial charge in [-0.05, 0) is 30.2 Å². The van der Waals surface area contributed by atoms with Gasteiger partial charge in [0, 0.05) is 12.7 Å². The Morgan fingerprint density at radius 3 is 2.58 bits per heavy atom. The van der Waals surface area contributed by atoms with Crippen molar-refractivity contribution in [3.05, 3.63) is 66.0 Å². The van der Waals surface area contributed by atoms with Crippen LogP contribution in [-0.4, -0.2) is 27.7 Å². The van der Waals surface area contributed by atoms with Gasteiger partial charge in [-0.1, -0.05) is 32.0 Å². The van der Waals surface area contributed by atoms with Crippen molar-refractivity contribution in [3.8, 4) is 0 Å². The van der Waals surface area contributed by atoms with Crippen molar-refractivity contribution in [2.75, 3.05) is 11.9 Å². The molecule has 2 N–H and O–H groups in total. The summed E-state index contributed by atoms with van der Waals surface area (Å²) in [5.74, 6) is -1.10. The lowest BCUT2D eigenvalue weighted by atomic mass is 10.2. The van der Waals surface area contributed by atoms with Gasteiger partial charge in [-0.15, -0.1) is 0 Å². The van der Waals surface area contributed by atoms with Crippen LogP contribution in [0.2, 0.25) is 0 Å². The Morgan fingerprint density at radius 2 is 1.85 bits per heavy atom. The Kier molecular flexibility index (Phi) is 4.97. The minimum atomic E-state index is -0.582. The molecule has 7 heteroatoms. The summed E-state index contributed by atoms with van der Waals surface area (Å²) < 4.78 is 15.3. The lowest BCUT2D eigenvalue weighted by Gasteiger charge is -2.06. The predicted octanol–water partition coefficient (Wildman–Crippen LogP) is 3.11. The summed E-state index contributed by atoms with van der Waals surface area (Å²) in [7, 11) is 0. The van der Waals surface area contributed by atoms with Gasteiger partial charge in [0.25, 0.3) is 11.8 Å². The number of halogens is 1. The van der Waals surface area contributed by atoms with E-state index in [1.54, 1.807) is 34.9 Å². The normalized spacial score (nSPS) is 10.9. The SMILES string of the molecule is CC(C)CNC(=O)c1nc(C(=O)Nc2ccccc2F)c2ccccn12. The fourth-order valence-electron chi connectivity index (χ4n) is 2.49. The number of benzene rings is 1. The Morgan fingerprint density at radius 1 is 1.12 bits per heavy atom. The second-order valence-corrected chi connectivity index (χ2v) is 6.28. The molecule has 0 aliphatic rings. The lowest BCUT2D eigenvalue weighted by Crippen LogP contribution is -2.29. The van der Waals surface area contributed by atoms with Crippen LogP contribution in [0.1, 0.15) is 35.0 Å². The van der Waals surface area contributed by atoms with E-state index in [0.717, 1.165) is 0 Å². The largest absolute Gasteiger partial charge is 0.349 e. The lowest BCUT2D eigenvalue weighted by molar-refractivity contribution is 0.0938. The van der Waals surface area contributed by atoms with Crippen molar-refractivity contribution in [2.45, 2.75) is 13.8 Å². The Hall–Kier alpha value is -3.22. The molecule has 3 rings (SSSR count). The third-order valence-corrected chi connectivity index (χ3v) is 3.76. The Labute approximate surface area is 150 Å². The van der Waals surface area contributed by atoms with Crippen molar-refractivity contribution < 1.29 is 14.0 Å². The number of nitrogens with zero attached hydrogens (tertiary/aromatic N) is 2. The number of aromatic nitrogens is 2. The number of carbonyl (C=O) groups is 2. The Bertz CT molecular complexity index is 965. The highest BCUT2D eigenvalue weighted by molar-refractivity contribution is 6.09. The quantitative estimate of drug-likeness (QED) is 0.739. The van der Waals surface area contributed by atoms with Gasteiger partial charge in [-0.2, -0.15) is 0 Å². The summed E-state index contributed by atoms with van der Waals surface area (Å²) in [5.41, 5.74) is 0.583. The summed E-state index contributed by atoms with van der Waals surface area (Å²) in [6, 6.07) is 11.0. The first-order valence-electron chi connectivity index (χ1n) is 8.28. The number of para-hydroxylation sites is 1. The zero-order valence-corrected chi connectivity index (χ0v) is 14.5. The monoisotopic (exact) mass is 354 g/mol. The third-order valence-electron chi connectivity index (χ3n) is 3.76. The molecule has 0 aliphatic heterocycles. The smallest absolute Gasteiger partial charge is 0.287 e. The molecule has 2 aromatic heterocycles. The fraction of sp³-hybridized carbons (Fsp3) is 0.211. The number of nitrogens with one attached hydrogen (secondary N) is 2. The van der Waals surface area contributed by atoms with Gasteiger partial charge < -0.3 is 10.6 Å². The average Bonchev–Trinajstić information content (AvgIpc) is 3.01. The van der Waals surface area contributed by atoms with Crippen LogP contribution in [0, 0.1) is 11.7 Å². The molecule has 2 amide bonds. The highest BCUT2D eigenvalue weighted by Crippen LogP contribution is 2.17. The van der Waals surface area contributed by atoms with Gasteiger partial charge in [-0.3, -0.25) is 14.0 Å². The predicted molar refractivity (Wildman–Crippen MR) is 96.7 cm³/mol. The van der Waals surface area contributed by atoms with Crippen molar-refractivity contribution in [2.24, 2.45) is 5.92 Å². The first kappa shape index (κ1) is 17.6. The molecule has 0 radical (unpaired) electrons. The van der Waals surface area contributed by atoms with Crippen LogP contribution in [0.3, 0.4) is 0 Å². The maximum atomic E-state index is 13.8. The molecule has 0 saturated heterocycles. The molecule has 3 aromatic rings. The van der Waals surface area contributed by atoms with E-state index in [0.29, 0.717) is 12.1 Å². The van der Waals surface area contributed by atoms with Gasteiger partial charge >= 0.3 is 0 Å². The molecule has 0 saturated carbocycles. The van der Waals surface area contributed by atoms with E-state index in [1.807, 2.05) is 13.8 Å². The van der Waals surface area contributed by atoms with Crippen LogP contribution in [0.5, 0.6) is 0 Å². The van der Waals surface area contributed by atoms with Crippen LogP contribution < -0.4 is 10.6 Å². The Balaban J connectivity index is 1.95. The molecule has 6 nitrogen and oxygen atoms in total. The standard InChI is InChI=1S/C19H19FN4O2/c1-12(2)11-21-19(26)17-23-16(15-9-5-6-10-24(15)17)18(25)22-14-8-4-3-7-13(14)20/h3-10,12H,11H2,1-2H3,(H,21,26)(H,22,25). The second kappa shape index (κ2) is 7.35. The number of carbonyl (C=O) groups excluding carboxylic acids is 2. The van der Waals surface area contributed by atoms with Crippen LogP contribution in [0.15, 0.2) is 48.7 Å². The number of amides is 2. The number of hydrogen-bond donors (Lipinski definition) is 2. The summed E-state index contributed by atoms with van der Waals surface area (Å²) >= 11 is 0. The highest BCUT2D eigenvalue weighted by atomic mass is 19.1. The maximum Gasteiger partial charge on any atom is 0.287 e. The number of fused-ring (bicyclic) bond motifs is 1. The summed E-state index contributed by atoms with van der Waals surface area (Å²) in [6.45, 7) is 4.46. The van der Waals surface area contributed by atoms with E-state index in [9.17, 15) is 14.0 Å². The van der Waals surface area contributed by atoms with E-state index in [4.69, 9.17) is 0 Å². The zero-order chi connectivity index (χ0) is 18.7. The van der Waals surface area contributed by atoms with Gasteiger partial charge in [0.1, 0.15) is 5.82 Å². The maximum absolute atomic E-state index is 13.8. The molecule has 0 unspecified atom stereocenters. The number of anilines is 1. The van der Waals surface area contributed by atoms with Crippen LogP contribution >= 0.6 is 0 Å².